The number of amides is 4. The van der Waals surface area contributed by atoms with Crippen LogP contribution in [0.15, 0.2) is 48.5 Å². The molecule has 6 rings (SSSR count). The molecule has 4 aliphatic rings. The largest absolute Gasteiger partial charge is 0.463 e. The molecule has 0 aromatic heterocycles. The summed E-state index contributed by atoms with van der Waals surface area (Å²) in [5.74, 6) is -8.19. The standard InChI is InChI=1S/C39H37N3O17/c1-17(43)52-15-27-32(33(55-20(4)46)29(26(14-40)57-27)41-35(48)22-10-6-7-11-23(22)36(41)49)59-39-30(42-37(50)24-12-8-9-13-25(24)38(42)51)34(56-21(5)47)31(54-19(3)45)28(58-39)16-53-18(2)44/h6-13,26-34,39H,15-16H2,1-5H3/t26-,27+,28+,29-,30+,31+,32+,33+,34+,39-/m0/s1. The average Bonchev–Trinajstić information content (AvgIpc) is 3.58. The molecule has 2 saturated heterocycles. The van der Waals surface area contributed by atoms with Crippen molar-refractivity contribution >= 4 is 53.5 Å². The lowest BCUT2D eigenvalue weighted by molar-refractivity contribution is -0.323. The topological polar surface area (TPSA) is 258 Å². The highest BCUT2D eigenvalue weighted by Gasteiger charge is 2.61. The first-order valence-corrected chi connectivity index (χ1v) is 18.1. The Morgan fingerprint density at radius 3 is 1.32 bits per heavy atom. The van der Waals surface area contributed by atoms with E-state index in [2.05, 4.69) is 0 Å². The number of carbonyl (C=O) groups excluding carboxylic acids is 9. The molecule has 20 heteroatoms. The van der Waals surface area contributed by atoms with E-state index in [1.807, 2.05) is 6.07 Å². The fourth-order valence-corrected chi connectivity index (χ4v) is 7.52. The van der Waals surface area contributed by atoms with E-state index < -0.39 is 128 Å². The monoisotopic (exact) mass is 819 g/mol. The van der Waals surface area contributed by atoms with Gasteiger partial charge in [0.25, 0.3) is 23.6 Å². The second kappa shape index (κ2) is 17.1. The maximum atomic E-state index is 14.1. The second-order valence-corrected chi connectivity index (χ2v) is 13.7. The summed E-state index contributed by atoms with van der Waals surface area (Å²) in [7, 11) is 0. The van der Waals surface area contributed by atoms with Crippen LogP contribution >= 0.6 is 0 Å². The number of benzene rings is 2. The Kier molecular flexibility index (Phi) is 12.2. The lowest BCUT2D eigenvalue weighted by atomic mass is 9.90. The lowest BCUT2D eigenvalue weighted by Gasteiger charge is -2.50. The third-order valence-electron chi connectivity index (χ3n) is 9.75. The van der Waals surface area contributed by atoms with Crippen LogP contribution in [0.2, 0.25) is 0 Å². The van der Waals surface area contributed by atoms with Gasteiger partial charge in [-0.15, -0.1) is 0 Å². The maximum Gasteiger partial charge on any atom is 0.303 e. The zero-order valence-electron chi connectivity index (χ0n) is 32.1. The Hall–Kier alpha value is -6.56. The molecule has 0 bridgehead atoms. The van der Waals surface area contributed by atoms with Gasteiger partial charge in [0.15, 0.2) is 30.7 Å². The summed E-state index contributed by atoms with van der Waals surface area (Å²) >= 11 is 0. The predicted molar refractivity (Wildman–Crippen MR) is 189 cm³/mol. The number of carbonyl (C=O) groups is 9. The number of hydrogen-bond donors (Lipinski definition) is 0. The Labute approximate surface area is 335 Å². The zero-order chi connectivity index (χ0) is 42.9. The fraction of sp³-hybridized carbons (Fsp3) is 0.436. The van der Waals surface area contributed by atoms with Crippen molar-refractivity contribution in [3.05, 3.63) is 70.8 Å². The van der Waals surface area contributed by atoms with Crippen molar-refractivity contribution in [1.82, 2.24) is 9.80 Å². The molecular formula is C39H37N3O17. The predicted octanol–water partition coefficient (Wildman–Crippen LogP) is 0.638. The number of fused-ring (bicyclic) bond motifs is 2. The van der Waals surface area contributed by atoms with Crippen LogP contribution in [-0.2, 0) is 61.9 Å². The van der Waals surface area contributed by atoms with Crippen molar-refractivity contribution in [3.63, 3.8) is 0 Å². The maximum absolute atomic E-state index is 14.1. The van der Waals surface area contributed by atoms with Crippen LogP contribution in [-0.4, -0.2) is 138 Å². The highest BCUT2D eigenvalue weighted by Crippen LogP contribution is 2.40. The summed E-state index contributed by atoms with van der Waals surface area (Å²) in [6.07, 6.45) is -14.1. The smallest absolute Gasteiger partial charge is 0.303 e. The van der Waals surface area contributed by atoms with E-state index in [-0.39, 0.29) is 22.3 Å². The molecule has 2 fully saturated rings. The van der Waals surface area contributed by atoms with E-state index in [1.54, 1.807) is 0 Å². The third-order valence-corrected chi connectivity index (χ3v) is 9.75. The Bertz CT molecular complexity index is 2080. The molecule has 0 radical (unpaired) electrons. The molecule has 2 aromatic carbocycles. The minimum absolute atomic E-state index is 0.0365. The minimum Gasteiger partial charge on any atom is -0.463 e. The van der Waals surface area contributed by atoms with Crippen LogP contribution < -0.4 is 0 Å². The van der Waals surface area contributed by atoms with Gasteiger partial charge in [-0.2, -0.15) is 5.26 Å². The van der Waals surface area contributed by atoms with Crippen molar-refractivity contribution in [2.24, 2.45) is 0 Å². The van der Waals surface area contributed by atoms with Gasteiger partial charge in [0.05, 0.1) is 28.3 Å². The second-order valence-electron chi connectivity index (χ2n) is 13.7. The van der Waals surface area contributed by atoms with Gasteiger partial charge in [0.2, 0.25) is 0 Å². The summed E-state index contributed by atoms with van der Waals surface area (Å²) in [5, 5.41) is 10.4. The number of esters is 5. The molecule has 310 valence electrons. The molecule has 0 spiro atoms. The number of ether oxygens (including phenoxy) is 8. The van der Waals surface area contributed by atoms with Gasteiger partial charge < -0.3 is 37.9 Å². The van der Waals surface area contributed by atoms with E-state index in [4.69, 9.17) is 37.9 Å². The molecule has 4 heterocycles. The molecular weight excluding hydrogens is 782 g/mol. The Morgan fingerprint density at radius 2 is 0.932 bits per heavy atom. The van der Waals surface area contributed by atoms with Gasteiger partial charge in [-0.05, 0) is 24.3 Å². The minimum atomic E-state index is -2.03. The number of nitriles is 1. The average molecular weight is 820 g/mol. The number of rotatable bonds is 11. The summed E-state index contributed by atoms with van der Waals surface area (Å²) in [5.41, 5.74) is -0.216. The van der Waals surface area contributed by atoms with E-state index in [0.29, 0.717) is 9.80 Å². The highest BCUT2D eigenvalue weighted by molar-refractivity contribution is 6.22. The number of imide groups is 2. The molecule has 20 nitrogen and oxygen atoms in total. The van der Waals surface area contributed by atoms with E-state index in [1.165, 1.54) is 48.5 Å². The van der Waals surface area contributed by atoms with Gasteiger partial charge in [-0.1, -0.05) is 24.3 Å². The molecule has 2 aromatic rings. The first-order chi connectivity index (χ1) is 28.0. The van der Waals surface area contributed by atoms with Crippen molar-refractivity contribution in [2.45, 2.75) is 95.7 Å². The number of hydrogen-bond acceptors (Lipinski definition) is 18. The van der Waals surface area contributed by atoms with E-state index in [9.17, 15) is 48.4 Å². The molecule has 0 aliphatic carbocycles. The Balaban J connectivity index is 1.53. The zero-order valence-corrected chi connectivity index (χ0v) is 32.1. The fourth-order valence-electron chi connectivity index (χ4n) is 7.52. The van der Waals surface area contributed by atoms with Crippen molar-refractivity contribution < 1.29 is 81.0 Å². The first kappa shape index (κ1) is 42.1. The SMILES string of the molecule is CC(=O)OC[C@H]1O[C@@H](C#N)[C@H](N2C(=O)c3ccccc3C2=O)[C@@H](OC(C)=O)[C@@H]1O[C@@H]1O[C@H](COC(C)=O)[C@@H](OC(C)=O)[C@H](OC(C)=O)[C@H]1N1C(=O)c2ccccc2C1=O. The molecule has 59 heavy (non-hydrogen) atoms. The normalized spacial score (nSPS) is 28.5. The van der Waals surface area contributed by atoms with Crippen LogP contribution in [0.25, 0.3) is 0 Å². The van der Waals surface area contributed by atoms with Gasteiger partial charge >= 0.3 is 29.8 Å². The van der Waals surface area contributed by atoms with Crippen LogP contribution in [0, 0.1) is 11.3 Å². The van der Waals surface area contributed by atoms with Crippen molar-refractivity contribution in [1.29, 1.82) is 5.26 Å². The molecule has 0 unspecified atom stereocenters. The lowest BCUT2D eigenvalue weighted by Crippen LogP contribution is -2.71. The van der Waals surface area contributed by atoms with Crippen molar-refractivity contribution in [3.8, 4) is 6.07 Å². The molecule has 0 N–H and O–H groups in total. The van der Waals surface area contributed by atoms with E-state index >= 15 is 0 Å². The summed E-state index contributed by atoms with van der Waals surface area (Å²) < 4.78 is 46.3. The van der Waals surface area contributed by atoms with Crippen LogP contribution in [0.5, 0.6) is 0 Å². The van der Waals surface area contributed by atoms with E-state index in [0.717, 1.165) is 34.6 Å². The Morgan fingerprint density at radius 1 is 0.559 bits per heavy atom. The van der Waals surface area contributed by atoms with Crippen LogP contribution in [0.1, 0.15) is 76.1 Å². The van der Waals surface area contributed by atoms with Gasteiger partial charge in [-0.3, -0.25) is 53.0 Å². The highest BCUT2D eigenvalue weighted by atomic mass is 16.7. The quantitative estimate of drug-likeness (QED) is 0.171. The van der Waals surface area contributed by atoms with Crippen LogP contribution in [0.4, 0.5) is 0 Å². The summed E-state index contributed by atoms with van der Waals surface area (Å²) in [6.45, 7) is 3.74. The van der Waals surface area contributed by atoms with Crippen molar-refractivity contribution in [2.75, 3.05) is 13.2 Å². The molecule has 4 aliphatic heterocycles. The van der Waals surface area contributed by atoms with Gasteiger partial charge in [0, 0.05) is 34.6 Å². The molecule has 4 amide bonds. The first-order valence-electron chi connectivity index (χ1n) is 18.1. The van der Waals surface area contributed by atoms with Gasteiger partial charge in [0.1, 0.15) is 43.6 Å². The summed E-state index contributed by atoms with van der Waals surface area (Å²) in [6, 6.07) is 9.70. The summed E-state index contributed by atoms with van der Waals surface area (Å²) in [4.78, 5) is 120. The molecule has 10 atom stereocenters. The van der Waals surface area contributed by atoms with Gasteiger partial charge in [-0.25, -0.2) is 0 Å². The molecule has 0 saturated carbocycles. The van der Waals surface area contributed by atoms with Crippen LogP contribution in [0.3, 0.4) is 0 Å². The third kappa shape index (κ3) is 8.25. The number of nitrogens with zero attached hydrogens (tertiary/aromatic N) is 3.